The average Bonchev–Trinajstić information content (AvgIpc) is 3.17. The van der Waals surface area contributed by atoms with Gasteiger partial charge in [-0.1, -0.05) is 127 Å². The summed E-state index contributed by atoms with van der Waals surface area (Å²) in [6.45, 7) is 0. The first-order chi connectivity index (χ1) is 23.7. The summed E-state index contributed by atoms with van der Waals surface area (Å²) in [6, 6.07) is 51.4. The number of aromatic nitrogens is 3. The van der Waals surface area contributed by atoms with Gasteiger partial charge in [-0.25, -0.2) is 0 Å². The molecule has 0 N–H and O–H groups in total. The fraction of sp³-hybridized carbons (Fsp3) is 0.133. The fourth-order valence-corrected chi connectivity index (χ4v) is 6.20. The standard InChI is InChI=1S/C45H39N3/c1-4-10-39(11-5-1)42-23-25-43(46-33-42)24-20-38-29-36(18-16-34-21-26-44(47-31-34)40-12-6-2-7-13-40)28-37(30-38)19-17-35-22-27-45(48-32-35)41-14-8-3-9-15-41/h1-15,21-23,25-33H,16-20,24H2. The van der Waals surface area contributed by atoms with Crippen molar-refractivity contribution < 1.29 is 0 Å². The zero-order valence-corrected chi connectivity index (χ0v) is 27.2. The lowest BCUT2D eigenvalue weighted by Crippen LogP contribution is -2.01. The summed E-state index contributed by atoms with van der Waals surface area (Å²) in [5.41, 5.74) is 14.4. The van der Waals surface area contributed by atoms with Gasteiger partial charge in [0.25, 0.3) is 0 Å². The van der Waals surface area contributed by atoms with Gasteiger partial charge in [-0.05, 0) is 90.1 Å². The van der Waals surface area contributed by atoms with E-state index in [1.165, 1.54) is 33.4 Å². The summed E-state index contributed by atoms with van der Waals surface area (Å²) in [6.07, 6.45) is 11.8. The number of hydrogen-bond donors (Lipinski definition) is 0. The number of nitrogens with zero attached hydrogens (tertiary/aromatic N) is 3. The van der Waals surface area contributed by atoms with E-state index in [0.717, 1.165) is 72.3 Å². The Morgan fingerprint density at radius 2 is 0.729 bits per heavy atom. The van der Waals surface area contributed by atoms with Gasteiger partial charge >= 0.3 is 0 Å². The number of hydrogen-bond acceptors (Lipinski definition) is 3. The first-order valence-electron chi connectivity index (χ1n) is 16.9. The molecule has 0 aliphatic carbocycles. The number of aryl methyl sites for hydroxylation is 6. The Hall–Kier alpha value is -5.67. The summed E-state index contributed by atoms with van der Waals surface area (Å²) < 4.78 is 0. The summed E-state index contributed by atoms with van der Waals surface area (Å²) in [5.74, 6) is 0. The van der Waals surface area contributed by atoms with Crippen LogP contribution in [0.4, 0.5) is 0 Å². The lowest BCUT2D eigenvalue weighted by Gasteiger charge is -2.12. The highest BCUT2D eigenvalue weighted by atomic mass is 14.7. The minimum atomic E-state index is 0.910. The molecule has 3 nitrogen and oxygen atoms in total. The molecule has 4 aromatic carbocycles. The molecule has 0 saturated heterocycles. The van der Waals surface area contributed by atoms with Crippen molar-refractivity contribution in [1.29, 1.82) is 0 Å². The van der Waals surface area contributed by atoms with Crippen LogP contribution in [-0.4, -0.2) is 15.0 Å². The molecular formula is C45H39N3. The lowest BCUT2D eigenvalue weighted by molar-refractivity contribution is 0.884. The normalized spacial score (nSPS) is 11.0. The molecule has 0 saturated carbocycles. The second kappa shape index (κ2) is 15.3. The van der Waals surface area contributed by atoms with Crippen LogP contribution in [0.2, 0.25) is 0 Å². The number of pyridine rings is 3. The van der Waals surface area contributed by atoms with Crippen LogP contribution >= 0.6 is 0 Å². The molecule has 0 unspecified atom stereocenters. The molecule has 0 atom stereocenters. The van der Waals surface area contributed by atoms with Gasteiger partial charge in [0.2, 0.25) is 0 Å². The van der Waals surface area contributed by atoms with Gasteiger partial charge in [0.15, 0.2) is 0 Å². The zero-order chi connectivity index (χ0) is 32.4. The van der Waals surface area contributed by atoms with Crippen LogP contribution in [-0.2, 0) is 38.5 Å². The third-order valence-electron chi connectivity index (χ3n) is 8.91. The van der Waals surface area contributed by atoms with Crippen molar-refractivity contribution in [2.45, 2.75) is 38.5 Å². The molecule has 0 radical (unpaired) electrons. The number of rotatable bonds is 12. The molecule has 0 aliphatic heterocycles. The first-order valence-corrected chi connectivity index (χ1v) is 16.9. The number of benzene rings is 4. The van der Waals surface area contributed by atoms with E-state index in [1.807, 2.05) is 36.8 Å². The Morgan fingerprint density at radius 1 is 0.292 bits per heavy atom. The van der Waals surface area contributed by atoms with Gasteiger partial charge < -0.3 is 0 Å². The topological polar surface area (TPSA) is 38.7 Å². The highest BCUT2D eigenvalue weighted by molar-refractivity contribution is 5.62. The van der Waals surface area contributed by atoms with Gasteiger partial charge in [-0.2, -0.15) is 0 Å². The smallest absolute Gasteiger partial charge is 0.0702 e. The van der Waals surface area contributed by atoms with Crippen molar-refractivity contribution in [1.82, 2.24) is 15.0 Å². The highest BCUT2D eigenvalue weighted by Gasteiger charge is 2.08. The SMILES string of the molecule is c1ccc(-c2ccc(CCc3cc(CCc4ccc(-c5ccccc5)nc4)cc(CCc4ccc(-c5ccccc5)nc4)c3)nc2)cc1. The van der Waals surface area contributed by atoms with E-state index >= 15 is 0 Å². The summed E-state index contributed by atoms with van der Waals surface area (Å²) in [7, 11) is 0. The zero-order valence-electron chi connectivity index (χ0n) is 27.2. The molecule has 3 heterocycles. The molecule has 3 heteroatoms. The van der Waals surface area contributed by atoms with Crippen molar-refractivity contribution >= 4 is 0 Å². The van der Waals surface area contributed by atoms with Crippen LogP contribution in [0.25, 0.3) is 33.6 Å². The first kappa shape index (κ1) is 31.0. The van der Waals surface area contributed by atoms with Crippen LogP contribution in [0.5, 0.6) is 0 Å². The van der Waals surface area contributed by atoms with Gasteiger partial charge in [0.05, 0.1) is 11.4 Å². The Morgan fingerprint density at radius 3 is 1.15 bits per heavy atom. The Balaban J connectivity index is 1.05. The molecule has 0 fully saturated rings. The van der Waals surface area contributed by atoms with Crippen LogP contribution in [0.3, 0.4) is 0 Å². The van der Waals surface area contributed by atoms with Crippen LogP contribution in [0, 0.1) is 0 Å². The minimum absolute atomic E-state index is 0.910. The van der Waals surface area contributed by atoms with Gasteiger partial charge in [-0.3, -0.25) is 15.0 Å². The molecule has 0 bridgehead atoms. The lowest BCUT2D eigenvalue weighted by atomic mass is 9.95. The van der Waals surface area contributed by atoms with Gasteiger partial charge in [-0.15, -0.1) is 0 Å². The molecule has 48 heavy (non-hydrogen) atoms. The second-order valence-electron chi connectivity index (χ2n) is 12.4. The Kier molecular flexibility index (Phi) is 9.85. The summed E-state index contributed by atoms with van der Waals surface area (Å²) >= 11 is 0. The Labute approximate surface area is 284 Å². The quantitative estimate of drug-likeness (QED) is 0.136. The fourth-order valence-electron chi connectivity index (χ4n) is 6.20. The van der Waals surface area contributed by atoms with E-state index in [2.05, 4.69) is 127 Å². The van der Waals surface area contributed by atoms with Crippen LogP contribution < -0.4 is 0 Å². The third-order valence-corrected chi connectivity index (χ3v) is 8.91. The van der Waals surface area contributed by atoms with E-state index in [-0.39, 0.29) is 0 Å². The molecule has 0 aliphatic rings. The van der Waals surface area contributed by atoms with Crippen LogP contribution in [0.15, 0.2) is 164 Å². The maximum Gasteiger partial charge on any atom is 0.0702 e. The molecule has 3 aromatic heterocycles. The monoisotopic (exact) mass is 621 g/mol. The predicted octanol–water partition coefficient (Wildman–Crippen LogP) is 10.2. The average molecular weight is 622 g/mol. The molecule has 7 rings (SSSR count). The van der Waals surface area contributed by atoms with E-state index in [4.69, 9.17) is 15.0 Å². The van der Waals surface area contributed by atoms with Crippen molar-refractivity contribution in [3.05, 3.63) is 198 Å². The molecule has 0 amide bonds. The summed E-state index contributed by atoms with van der Waals surface area (Å²) in [4.78, 5) is 14.3. The largest absolute Gasteiger partial charge is 0.261 e. The summed E-state index contributed by atoms with van der Waals surface area (Å²) in [5, 5.41) is 0. The third kappa shape index (κ3) is 8.18. The van der Waals surface area contributed by atoms with E-state index in [9.17, 15) is 0 Å². The Bertz CT molecular complexity index is 1770. The predicted molar refractivity (Wildman–Crippen MR) is 198 cm³/mol. The van der Waals surface area contributed by atoms with Gasteiger partial charge in [0, 0.05) is 41.0 Å². The highest BCUT2D eigenvalue weighted by Crippen LogP contribution is 2.22. The van der Waals surface area contributed by atoms with Crippen molar-refractivity contribution in [2.75, 3.05) is 0 Å². The molecule has 0 spiro atoms. The van der Waals surface area contributed by atoms with E-state index in [1.54, 1.807) is 0 Å². The minimum Gasteiger partial charge on any atom is -0.261 e. The molecule has 7 aromatic rings. The molecular weight excluding hydrogens is 583 g/mol. The van der Waals surface area contributed by atoms with Crippen molar-refractivity contribution in [3.8, 4) is 33.6 Å². The maximum absolute atomic E-state index is 4.81. The van der Waals surface area contributed by atoms with Crippen molar-refractivity contribution in [2.24, 2.45) is 0 Å². The van der Waals surface area contributed by atoms with E-state index in [0.29, 0.717) is 0 Å². The van der Waals surface area contributed by atoms with Crippen molar-refractivity contribution in [3.63, 3.8) is 0 Å². The van der Waals surface area contributed by atoms with E-state index < -0.39 is 0 Å². The van der Waals surface area contributed by atoms with Crippen LogP contribution in [0.1, 0.15) is 33.5 Å². The molecule has 234 valence electrons. The maximum atomic E-state index is 4.81. The second-order valence-corrected chi connectivity index (χ2v) is 12.4. The van der Waals surface area contributed by atoms with Gasteiger partial charge in [0.1, 0.15) is 0 Å².